The van der Waals surface area contributed by atoms with Gasteiger partial charge in [0.2, 0.25) is 0 Å². The SMILES string of the molecule is COC(=O)NCC1OC(=O)N2c3ccc(-c4ccc(C5=NOC(CN6CCOCC6)C5)nc4)cc3C[C@@H]12. The topological polar surface area (TPSA) is 115 Å². The lowest BCUT2D eigenvalue weighted by Gasteiger charge is -2.27. The molecular formula is C26H29N5O6. The standard InChI is InChI=1S/C26H29N5O6/c1-34-25(32)28-14-24-23-11-18-10-16(3-5-22(18)31(23)26(33)36-24)17-2-4-20(27-13-17)21-12-19(37-29-21)15-30-6-8-35-9-7-30/h2-5,10,13,19,23-24H,6-9,11-12,14-15H2,1H3,(H,28,32)/t19?,23-,24?/m0/s1. The van der Waals surface area contributed by atoms with E-state index in [-0.39, 0.29) is 18.7 Å². The Bertz CT molecular complexity index is 1210. The number of carbonyl (C=O) groups is 2. The van der Waals surface area contributed by atoms with E-state index in [1.807, 2.05) is 30.5 Å². The van der Waals surface area contributed by atoms with Gasteiger partial charge < -0.3 is 24.4 Å². The van der Waals surface area contributed by atoms with Crippen LogP contribution in [0.2, 0.25) is 0 Å². The minimum atomic E-state index is -0.550. The smallest absolute Gasteiger partial charge is 0.415 e. The molecule has 11 heteroatoms. The highest BCUT2D eigenvalue weighted by atomic mass is 16.6. The molecule has 1 aromatic carbocycles. The number of alkyl carbamates (subject to hydrolysis) is 1. The van der Waals surface area contributed by atoms with Crippen molar-refractivity contribution in [3.8, 4) is 11.1 Å². The number of oxime groups is 1. The number of ether oxygens (including phenoxy) is 3. The number of methoxy groups -OCH3 is 1. The van der Waals surface area contributed by atoms with E-state index in [9.17, 15) is 9.59 Å². The second-order valence-electron chi connectivity index (χ2n) is 9.59. The van der Waals surface area contributed by atoms with Crippen LogP contribution in [0.1, 0.15) is 17.7 Å². The van der Waals surface area contributed by atoms with Crippen LogP contribution in [0.25, 0.3) is 11.1 Å². The van der Waals surface area contributed by atoms with E-state index < -0.39 is 18.3 Å². The van der Waals surface area contributed by atoms with Crippen LogP contribution in [0.3, 0.4) is 0 Å². The Morgan fingerprint density at radius 3 is 2.78 bits per heavy atom. The Kier molecular flexibility index (Phi) is 6.39. The summed E-state index contributed by atoms with van der Waals surface area (Å²) in [5.74, 6) is 0. The van der Waals surface area contributed by atoms with Crippen molar-refractivity contribution < 1.29 is 28.6 Å². The normalized spacial score (nSPS) is 24.7. The average molecular weight is 508 g/mol. The van der Waals surface area contributed by atoms with E-state index in [2.05, 4.69) is 31.2 Å². The molecule has 0 aliphatic carbocycles. The van der Waals surface area contributed by atoms with Gasteiger partial charge in [0.25, 0.3) is 0 Å². The molecule has 37 heavy (non-hydrogen) atoms. The fraction of sp³-hybridized carbons (Fsp3) is 0.462. The molecule has 2 amide bonds. The molecule has 0 bridgehead atoms. The number of anilines is 1. The molecule has 0 saturated carbocycles. The maximum absolute atomic E-state index is 12.5. The van der Waals surface area contributed by atoms with Crippen molar-refractivity contribution in [2.45, 2.75) is 31.1 Å². The summed E-state index contributed by atoms with van der Waals surface area (Å²) in [6.45, 7) is 4.42. The summed E-state index contributed by atoms with van der Waals surface area (Å²) in [4.78, 5) is 38.3. The van der Waals surface area contributed by atoms with Crippen molar-refractivity contribution in [2.75, 3.05) is 51.4 Å². The monoisotopic (exact) mass is 507 g/mol. The number of hydrogen-bond donors (Lipinski definition) is 1. The molecule has 11 nitrogen and oxygen atoms in total. The molecule has 0 spiro atoms. The number of benzene rings is 1. The average Bonchev–Trinajstić information content (AvgIpc) is 3.63. The van der Waals surface area contributed by atoms with Crippen molar-refractivity contribution in [3.63, 3.8) is 0 Å². The molecule has 1 aromatic heterocycles. The Hall–Kier alpha value is -3.70. The Morgan fingerprint density at radius 2 is 2.00 bits per heavy atom. The fourth-order valence-electron chi connectivity index (χ4n) is 5.37. The van der Waals surface area contributed by atoms with Crippen molar-refractivity contribution >= 4 is 23.6 Å². The van der Waals surface area contributed by atoms with Crippen LogP contribution in [0, 0.1) is 0 Å². The number of carbonyl (C=O) groups excluding carboxylic acids is 2. The minimum absolute atomic E-state index is 0.0408. The van der Waals surface area contributed by atoms with E-state index in [4.69, 9.17) is 14.3 Å². The second kappa shape index (κ2) is 9.98. The lowest BCUT2D eigenvalue weighted by atomic mass is 10.00. The van der Waals surface area contributed by atoms with Crippen molar-refractivity contribution in [1.82, 2.24) is 15.2 Å². The lowest BCUT2D eigenvalue weighted by molar-refractivity contribution is -0.0000406. The van der Waals surface area contributed by atoms with Gasteiger partial charge in [-0.15, -0.1) is 0 Å². The minimum Gasteiger partial charge on any atom is -0.453 e. The molecule has 2 saturated heterocycles. The number of rotatable bonds is 6. The molecular weight excluding hydrogens is 478 g/mol. The third kappa shape index (κ3) is 4.72. The van der Waals surface area contributed by atoms with Gasteiger partial charge in [-0.3, -0.25) is 14.8 Å². The molecule has 6 rings (SSSR count). The first-order valence-corrected chi connectivity index (χ1v) is 12.5. The molecule has 1 N–H and O–H groups in total. The van der Waals surface area contributed by atoms with Crippen LogP contribution in [-0.4, -0.2) is 92.5 Å². The number of pyridine rings is 1. The summed E-state index contributed by atoms with van der Waals surface area (Å²) < 4.78 is 15.5. The molecule has 4 aliphatic rings. The van der Waals surface area contributed by atoms with Gasteiger partial charge >= 0.3 is 12.2 Å². The first-order chi connectivity index (χ1) is 18.1. The highest BCUT2D eigenvalue weighted by molar-refractivity contribution is 6.00. The third-order valence-corrected chi connectivity index (χ3v) is 7.30. The highest BCUT2D eigenvalue weighted by Crippen LogP contribution is 2.40. The van der Waals surface area contributed by atoms with E-state index in [0.717, 1.165) is 73.1 Å². The van der Waals surface area contributed by atoms with Crippen molar-refractivity contribution in [1.29, 1.82) is 0 Å². The zero-order valence-corrected chi connectivity index (χ0v) is 20.6. The summed E-state index contributed by atoms with van der Waals surface area (Å²) >= 11 is 0. The van der Waals surface area contributed by atoms with Gasteiger partial charge in [0.15, 0.2) is 0 Å². The summed E-state index contributed by atoms with van der Waals surface area (Å²) in [7, 11) is 1.30. The van der Waals surface area contributed by atoms with Crippen LogP contribution >= 0.6 is 0 Å². The Labute approximate surface area is 214 Å². The number of aromatic nitrogens is 1. The Morgan fingerprint density at radius 1 is 1.16 bits per heavy atom. The van der Waals surface area contributed by atoms with E-state index in [1.165, 1.54) is 7.11 Å². The Balaban J connectivity index is 1.11. The maximum atomic E-state index is 12.5. The first kappa shape index (κ1) is 23.7. The summed E-state index contributed by atoms with van der Waals surface area (Å²) in [6.07, 6.45) is 1.89. The molecule has 0 radical (unpaired) electrons. The highest BCUT2D eigenvalue weighted by Gasteiger charge is 2.47. The maximum Gasteiger partial charge on any atom is 0.415 e. The van der Waals surface area contributed by atoms with Gasteiger partial charge in [-0.25, -0.2) is 9.59 Å². The molecule has 2 fully saturated rings. The van der Waals surface area contributed by atoms with Crippen LogP contribution in [0.5, 0.6) is 0 Å². The number of hydrogen-bond acceptors (Lipinski definition) is 9. The second-order valence-corrected chi connectivity index (χ2v) is 9.59. The molecule has 5 heterocycles. The lowest BCUT2D eigenvalue weighted by Crippen LogP contribution is -2.41. The number of cyclic esters (lactones) is 1. The van der Waals surface area contributed by atoms with Crippen LogP contribution in [0.4, 0.5) is 15.3 Å². The van der Waals surface area contributed by atoms with Gasteiger partial charge in [-0.05, 0) is 35.7 Å². The first-order valence-electron chi connectivity index (χ1n) is 12.5. The number of morpholine rings is 1. The van der Waals surface area contributed by atoms with E-state index in [0.29, 0.717) is 6.42 Å². The molecule has 2 aromatic rings. The number of nitrogens with zero attached hydrogens (tertiary/aromatic N) is 4. The number of amides is 2. The zero-order valence-electron chi connectivity index (χ0n) is 20.6. The van der Waals surface area contributed by atoms with Gasteiger partial charge in [0.1, 0.15) is 17.9 Å². The number of nitrogens with one attached hydrogen (secondary N) is 1. The van der Waals surface area contributed by atoms with Crippen molar-refractivity contribution in [3.05, 3.63) is 47.8 Å². The summed E-state index contributed by atoms with van der Waals surface area (Å²) in [6, 6.07) is 9.88. The molecule has 194 valence electrons. The molecule has 2 unspecified atom stereocenters. The summed E-state index contributed by atoms with van der Waals surface area (Å²) in [5.41, 5.74) is 5.59. The van der Waals surface area contributed by atoms with E-state index in [1.54, 1.807) is 4.90 Å². The van der Waals surface area contributed by atoms with Crippen molar-refractivity contribution in [2.24, 2.45) is 5.16 Å². The summed E-state index contributed by atoms with van der Waals surface area (Å²) in [5, 5.41) is 6.92. The number of fused-ring (bicyclic) bond motifs is 3. The van der Waals surface area contributed by atoms with Gasteiger partial charge in [0, 0.05) is 37.8 Å². The predicted octanol–water partition coefficient (Wildman–Crippen LogP) is 2.18. The van der Waals surface area contributed by atoms with Crippen LogP contribution in [0.15, 0.2) is 41.7 Å². The van der Waals surface area contributed by atoms with Gasteiger partial charge in [-0.2, -0.15) is 0 Å². The third-order valence-electron chi connectivity index (χ3n) is 7.30. The zero-order chi connectivity index (χ0) is 25.4. The molecule has 4 aliphatic heterocycles. The van der Waals surface area contributed by atoms with Crippen LogP contribution < -0.4 is 10.2 Å². The predicted molar refractivity (Wildman–Crippen MR) is 134 cm³/mol. The molecule has 3 atom stereocenters. The van der Waals surface area contributed by atoms with Gasteiger partial charge in [0.05, 0.1) is 44.3 Å². The van der Waals surface area contributed by atoms with Gasteiger partial charge in [-0.1, -0.05) is 17.3 Å². The fourth-order valence-corrected chi connectivity index (χ4v) is 5.37. The quantitative estimate of drug-likeness (QED) is 0.633. The van der Waals surface area contributed by atoms with Crippen LogP contribution in [-0.2, 0) is 25.5 Å². The largest absolute Gasteiger partial charge is 0.453 e. The van der Waals surface area contributed by atoms with E-state index >= 15 is 0 Å².